The van der Waals surface area contributed by atoms with E-state index in [1.165, 1.54) is 24.8 Å². The van der Waals surface area contributed by atoms with Crippen LogP contribution in [-0.4, -0.2) is 43.4 Å². The Labute approximate surface area is 199 Å². The number of quaternary nitrogens is 1. The minimum atomic E-state index is -0.417. The predicted octanol–water partition coefficient (Wildman–Crippen LogP) is 3.01. The molecule has 2 aromatic carbocycles. The SMILES string of the molecule is CCCCCOc1ccccc1NC(=O)OCC[N+]1(Cc2ccccc2)CCCCC1.[Cl-]. The molecule has 1 saturated heterocycles. The molecule has 0 saturated carbocycles. The quantitative estimate of drug-likeness (QED) is 0.414. The molecule has 1 aliphatic rings. The van der Waals surface area contributed by atoms with Crippen LogP contribution in [-0.2, 0) is 11.3 Å². The molecule has 0 spiro atoms. The topological polar surface area (TPSA) is 47.6 Å². The summed E-state index contributed by atoms with van der Waals surface area (Å²) in [6.45, 7) is 7.38. The smallest absolute Gasteiger partial charge is 0.411 e. The summed E-state index contributed by atoms with van der Waals surface area (Å²) in [6.07, 6.45) is 6.66. The van der Waals surface area contributed by atoms with Crippen LogP contribution in [0.3, 0.4) is 0 Å². The normalized spacial score (nSPS) is 14.8. The first kappa shape index (κ1) is 26.0. The molecule has 3 rings (SSSR count). The Balaban J connectivity index is 0.00000363. The molecule has 5 nitrogen and oxygen atoms in total. The molecule has 0 atom stereocenters. The van der Waals surface area contributed by atoms with Gasteiger partial charge in [-0.25, -0.2) is 4.79 Å². The molecule has 0 bridgehead atoms. The Morgan fingerprint density at radius 3 is 2.41 bits per heavy atom. The molecule has 0 radical (unpaired) electrons. The van der Waals surface area contributed by atoms with Crippen molar-refractivity contribution in [1.29, 1.82) is 0 Å². The lowest BCUT2D eigenvalue weighted by molar-refractivity contribution is -0.945. The summed E-state index contributed by atoms with van der Waals surface area (Å²) in [5.74, 6) is 0.694. The Bertz CT molecular complexity index is 795. The highest BCUT2D eigenvalue weighted by atomic mass is 35.5. The molecule has 2 aromatic rings. The number of likely N-dealkylation sites (tertiary alicyclic amines) is 1. The Morgan fingerprint density at radius 2 is 1.66 bits per heavy atom. The molecule has 1 N–H and O–H groups in total. The predicted molar refractivity (Wildman–Crippen MR) is 125 cm³/mol. The number of benzene rings is 2. The van der Waals surface area contributed by atoms with Crippen molar-refractivity contribution in [1.82, 2.24) is 0 Å². The molecule has 0 unspecified atom stereocenters. The van der Waals surface area contributed by atoms with E-state index in [9.17, 15) is 4.79 Å². The fraction of sp³-hybridized carbons (Fsp3) is 0.500. The van der Waals surface area contributed by atoms with E-state index in [-0.39, 0.29) is 12.4 Å². The minimum absolute atomic E-state index is 0. The number of carbonyl (C=O) groups excluding carboxylic acids is 1. The van der Waals surface area contributed by atoms with E-state index < -0.39 is 6.09 Å². The third-order valence-corrected chi connectivity index (χ3v) is 6.05. The lowest BCUT2D eigenvalue weighted by Gasteiger charge is -2.41. The van der Waals surface area contributed by atoms with E-state index in [1.807, 2.05) is 24.3 Å². The molecule has 1 amide bonds. The zero-order chi connectivity index (χ0) is 21.8. The van der Waals surface area contributed by atoms with E-state index in [0.29, 0.717) is 24.7 Å². The van der Waals surface area contributed by atoms with Crippen molar-refractivity contribution < 1.29 is 31.2 Å². The van der Waals surface area contributed by atoms with Crippen LogP contribution in [0.5, 0.6) is 5.75 Å². The fourth-order valence-electron chi connectivity index (χ4n) is 4.32. The number of hydrogen-bond acceptors (Lipinski definition) is 3. The maximum atomic E-state index is 12.4. The Morgan fingerprint density at radius 1 is 0.938 bits per heavy atom. The molecule has 0 aromatic heterocycles. The number of amides is 1. The number of para-hydroxylation sites is 2. The molecule has 1 heterocycles. The van der Waals surface area contributed by atoms with E-state index in [1.54, 1.807) is 0 Å². The number of anilines is 1. The van der Waals surface area contributed by atoms with Crippen LogP contribution >= 0.6 is 0 Å². The van der Waals surface area contributed by atoms with Crippen LogP contribution in [0.25, 0.3) is 0 Å². The van der Waals surface area contributed by atoms with Gasteiger partial charge in [0.15, 0.2) is 0 Å². The largest absolute Gasteiger partial charge is 1.00 e. The Kier molecular flexibility index (Phi) is 11.4. The van der Waals surface area contributed by atoms with Gasteiger partial charge >= 0.3 is 6.09 Å². The molecule has 176 valence electrons. The summed E-state index contributed by atoms with van der Waals surface area (Å²) in [4.78, 5) is 12.4. The number of hydrogen-bond donors (Lipinski definition) is 1. The van der Waals surface area contributed by atoms with Gasteiger partial charge in [0.1, 0.15) is 25.4 Å². The zero-order valence-corrected chi connectivity index (χ0v) is 20.0. The van der Waals surface area contributed by atoms with Gasteiger partial charge in [-0.05, 0) is 37.8 Å². The van der Waals surface area contributed by atoms with E-state index in [4.69, 9.17) is 9.47 Å². The molecule has 32 heavy (non-hydrogen) atoms. The highest BCUT2D eigenvalue weighted by molar-refractivity contribution is 5.86. The maximum absolute atomic E-state index is 12.4. The summed E-state index contributed by atoms with van der Waals surface area (Å²) in [5.41, 5.74) is 2.01. The van der Waals surface area contributed by atoms with Crippen molar-refractivity contribution in [2.45, 2.75) is 52.0 Å². The number of halogens is 1. The van der Waals surface area contributed by atoms with Gasteiger partial charge in [-0.15, -0.1) is 0 Å². The van der Waals surface area contributed by atoms with Crippen molar-refractivity contribution in [3.63, 3.8) is 0 Å². The van der Waals surface area contributed by atoms with E-state index in [2.05, 4.69) is 42.6 Å². The lowest BCUT2D eigenvalue weighted by Crippen LogP contribution is -3.00. The lowest BCUT2D eigenvalue weighted by atomic mass is 10.1. The first-order valence-corrected chi connectivity index (χ1v) is 11.8. The molecule has 1 aliphatic heterocycles. The van der Waals surface area contributed by atoms with Crippen molar-refractivity contribution in [2.24, 2.45) is 0 Å². The summed E-state index contributed by atoms with van der Waals surface area (Å²) < 4.78 is 12.4. The van der Waals surface area contributed by atoms with Gasteiger partial charge in [-0.2, -0.15) is 0 Å². The van der Waals surface area contributed by atoms with Gasteiger partial charge in [-0.1, -0.05) is 62.2 Å². The average molecular weight is 461 g/mol. The van der Waals surface area contributed by atoms with Crippen LogP contribution in [0.2, 0.25) is 0 Å². The second-order valence-electron chi connectivity index (χ2n) is 8.53. The highest BCUT2D eigenvalue weighted by Gasteiger charge is 2.30. The van der Waals surface area contributed by atoms with Gasteiger partial charge in [0.05, 0.1) is 25.4 Å². The van der Waals surface area contributed by atoms with Crippen LogP contribution < -0.4 is 22.5 Å². The zero-order valence-electron chi connectivity index (χ0n) is 19.2. The highest BCUT2D eigenvalue weighted by Crippen LogP contribution is 2.25. The van der Waals surface area contributed by atoms with Gasteiger partial charge in [-0.3, -0.25) is 5.32 Å². The fourth-order valence-corrected chi connectivity index (χ4v) is 4.32. The number of nitrogens with one attached hydrogen (secondary N) is 1. The number of carbonyl (C=O) groups is 1. The number of ether oxygens (including phenoxy) is 2. The molecule has 6 heteroatoms. The standard InChI is InChI=1S/C26H36N2O3.ClH/c1-2-3-12-20-30-25-16-9-8-15-24(25)27-26(29)31-21-19-28(17-10-5-11-18-28)22-23-13-6-4-7-14-23;/h4,6-9,13-16H,2-3,5,10-12,17-22H2,1H3;1H. The number of piperidine rings is 1. The third kappa shape index (κ3) is 8.36. The van der Waals surface area contributed by atoms with Crippen molar-refractivity contribution in [3.05, 3.63) is 60.2 Å². The van der Waals surface area contributed by atoms with Crippen molar-refractivity contribution in [3.8, 4) is 5.75 Å². The van der Waals surface area contributed by atoms with Crippen LogP contribution in [0.4, 0.5) is 10.5 Å². The summed E-state index contributed by atoms with van der Waals surface area (Å²) in [6, 6.07) is 18.2. The second kappa shape index (κ2) is 14.0. The maximum Gasteiger partial charge on any atom is 0.411 e. The van der Waals surface area contributed by atoms with E-state index in [0.717, 1.165) is 49.9 Å². The molecule has 1 fully saturated rings. The van der Waals surface area contributed by atoms with Gasteiger partial charge in [0, 0.05) is 5.56 Å². The third-order valence-electron chi connectivity index (χ3n) is 6.05. The first-order valence-electron chi connectivity index (χ1n) is 11.8. The van der Waals surface area contributed by atoms with Crippen LogP contribution in [0, 0.1) is 0 Å². The summed E-state index contributed by atoms with van der Waals surface area (Å²) >= 11 is 0. The monoisotopic (exact) mass is 460 g/mol. The molecule has 0 aliphatic carbocycles. The summed E-state index contributed by atoms with van der Waals surface area (Å²) in [5, 5.41) is 2.86. The van der Waals surface area contributed by atoms with Gasteiger partial charge in [0.2, 0.25) is 0 Å². The van der Waals surface area contributed by atoms with E-state index >= 15 is 0 Å². The van der Waals surface area contributed by atoms with Gasteiger partial charge < -0.3 is 26.4 Å². The summed E-state index contributed by atoms with van der Waals surface area (Å²) in [7, 11) is 0. The first-order chi connectivity index (χ1) is 15.2. The minimum Gasteiger partial charge on any atom is -1.00 e. The van der Waals surface area contributed by atoms with Crippen LogP contribution in [0.15, 0.2) is 54.6 Å². The number of rotatable bonds is 11. The molecular weight excluding hydrogens is 424 g/mol. The second-order valence-corrected chi connectivity index (χ2v) is 8.53. The Hall–Kier alpha value is -2.24. The van der Waals surface area contributed by atoms with Gasteiger partial charge in [0.25, 0.3) is 0 Å². The number of nitrogens with zero attached hydrogens (tertiary/aromatic N) is 1. The van der Waals surface area contributed by atoms with Crippen molar-refractivity contribution >= 4 is 11.8 Å². The average Bonchev–Trinajstić information content (AvgIpc) is 2.79. The number of unbranched alkanes of at least 4 members (excludes halogenated alkanes) is 2. The van der Waals surface area contributed by atoms with Crippen LogP contribution in [0.1, 0.15) is 51.0 Å². The van der Waals surface area contributed by atoms with Crippen molar-refractivity contribution in [2.75, 3.05) is 38.2 Å². The molecular formula is C26H37ClN2O3.